The highest BCUT2D eigenvalue weighted by molar-refractivity contribution is 5.85. The normalized spacial score (nSPS) is 15.6. The van der Waals surface area contributed by atoms with E-state index in [4.69, 9.17) is 10.3 Å². The van der Waals surface area contributed by atoms with E-state index in [2.05, 4.69) is 15.5 Å². The number of nitrogens with two attached hydrogens (primary N) is 1. The van der Waals surface area contributed by atoms with Gasteiger partial charge in [0.25, 0.3) is 5.89 Å². The average molecular weight is 357 g/mol. The van der Waals surface area contributed by atoms with Gasteiger partial charge in [-0.2, -0.15) is 4.98 Å². The van der Waals surface area contributed by atoms with E-state index >= 15 is 0 Å². The Labute approximate surface area is 153 Å². The third kappa shape index (κ3) is 3.52. The Morgan fingerprint density at radius 1 is 0.960 bits per heavy atom. The summed E-state index contributed by atoms with van der Waals surface area (Å²) in [5.74, 6) is 1.12. The second kappa shape index (κ2) is 7.25. The zero-order valence-electron chi connectivity index (χ0n) is 13.8. The van der Waals surface area contributed by atoms with E-state index in [0.717, 1.165) is 42.6 Å². The van der Waals surface area contributed by atoms with Gasteiger partial charge in [-0.25, -0.2) is 0 Å². The Kier molecular flexibility index (Phi) is 5.06. The monoisotopic (exact) mass is 356 g/mol. The molecule has 1 saturated carbocycles. The van der Waals surface area contributed by atoms with Crippen molar-refractivity contribution in [2.45, 2.75) is 31.2 Å². The lowest BCUT2D eigenvalue weighted by molar-refractivity contribution is 0.372. The molecule has 0 unspecified atom stereocenters. The van der Waals surface area contributed by atoms with Crippen LogP contribution in [0.1, 0.15) is 31.5 Å². The minimum absolute atomic E-state index is 0. The largest absolute Gasteiger partial charge is 0.355 e. The fourth-order valence-electron chi connectivity index (χ4n) is 3.22. The summed E-state index contributed by atoms with van der Waals surface area (Å²) in [6.45, 7) is 0. The van der Waals surface area contributed by atoms with E-state index in [1.165, 1.54) is 0 Å². The average Bonchev–Trinajstić information content (AvgIpc) is 3.27. The van der Waals surface area contributed by atoms with Gasteiger partial charge in [-0.3, -0.25) is 0 Å². The Morgan fingerprint density at radius 3 is 2.40 bits per heavy atom. The van der Waals surface area contributed by atoms with Crippen LogP contribution in [0.15, 0.2) is 59.1 Å². The zero-order valence-corrected chi connectivity index (χ0v) is 14.6. The van der Waals surface area contributed by atoms with E-state index in [-0.39, 0.29) is 12.4 Å². The second-order valence-electron chi connectivity index (χ2n) is 6.32. The molecular weight excluding hydrogens is 336 g/mol. The van der Waals surface area contributed by atoms with Crippen molar-refractivity contribution in [2.75, 3.05) is 5.32 Å². The molecule has 1 aliphatic carbocycles. The van der Waals surface area contributed by atoms with Gasteiger partial charge < -0.3 is 15.6 Å². The van der Waals surface area contributed by atoms with Crippen molar-refractivity contribution in [3.63, 3.8) is 0 Å². The molecule has 1 fully saturated rings. The number of aromatic nitrogens is 2. The molecule has 3 N–H and O–H groups in total. The van der Waals surface area contributed by atoms with Crippen LogP contribution < -0.4 is 11.1 Å². The summed E-state index contributed by atoms with van der Waals surface area (Å²) in [7, 11) is 0. The predicted molar refractivity (Wildman–Crippen MR) is 101 cm³/mol. The number of benzene rings is 2. The SMILES string of the molecule is Cl.NC1(c2noc(-c3ccccc3Nc3ccccc3)n2)CCCC1. The third-order valence-electron chi connectivity index (χ3n) is 4.58. The fourth-order valence-corrected chi connectivity index (χ4v) is 3.22. The van der Waals surface area contributed by atoms with Gasteiger partial charge in [0, 0.05) is 5.69 Å². The molecule has 1 aromatic heterocycles. The lowest BCUT2D eigenvalue weighted by Crippen LogP contribution is -2.34. The van der Waals surface area contributed by atoms with Crippen LogP contribution in [0.3, 0.4) is 0 Å². The Hall–Kier alpha value is -2.37. The van der Waals surface area contributed by atoms with E-state index in [1.54, 1.807) is 0 Å². The Bertz CT molecular complexity index is 828. The van der Waals surface area contributed by atoms with Crippen molar-refractivity contribution >= 4 is 23.8 Å². The molecule has 0 aliphatic heterocycles. The number of halogens is 1. The zero-order chi connectivity index (χ0) is 16.4. The van der Waals surface area contributed by atoms with Crippen molar-refractivity contribution < 1.29 is 4.52 Å². The van der Waals surface area contributed by atoms with Gasteiger partial charge in [-0.1, -0.05) is 48.3 Å². The summed E-state index contributed by atoms with van der Waals surface area (Å²) < 4.78 is 5.53. The van der Waals surface area contributed by atoms with Gasteiger partial charge in [0.15, 0.2) is 5.82 Å². The van der Waals surface area contributed by atoms with E-state index in [9.17, 15) is 0 Å². The van der Waals surface area contributed by atoms with Gasteiger partial charge >= 0.3 is 0 Å². The molecule has 0 amide bonds. The van der Waals surface area contributed by atoms with Gasteiger partial charge in [0.2, 0.25) is 0 Å². The number of hydrogen-bond donors (Lipinski definition) is 2. The molecule has 2 aromatic carbocycles. The van der Waals surface area contributed by atoms with Gasteiger partial charge in [0.05, 0.1) is 16.8 Å². The first-order chi connectivity index (χ1) is 11.7. The molecule has 4 rings (SSSR count). The molecule has 130 valence electrons. The van der Waals surface area contributed by atoms with Crippen LogP contribution in [-0.2, 0) is 5.54 Å². The lowest BCUT2D eigenvalue weighted by atomic mass is 9.98. The summed E-state index contributed by atoms with van der Waals surface area (Å²) in [4.78, 5) is 4.59. The minimum Gasteiger partial charge on any atom is -0.355 e. The van der Waals surface area contributed by atoms with E-state index < -0.39 is 5.54 Å². The number of hydrogen-bond acceptors (Lipinski definition) is 5. The van der Waals surface area contributed by atoms with Crippen LogP contribution in [0.4, 0.5) is 11.4 Å². The van der Waals surface area contributed by atoms with Crippen molar-refractivity contribution in [3.8, 4) is 11.5 Å². The van der Waals surface area contributed by atoms with E-state index in [1.807, 2.05) is 54.6 Å². The maximum Gasteiger partial charge on any atom is 0.260 e. The van der Waals surface area contributed by atoms with Crippen LogP contribution in [-0.4, -0.2) is 10.1 Å². The topological polar surface area (TPSA) is 77.0 Å². The standard InChI is InChI=1S/C19H20N4O.ClH/c20-19(12-6-7-13-19)18-22-17(24-23-18)15-10-4-5-11-16(15)21-14-8-2-1-3-9-14;/h1-5,8-11,21H,6-7,12-13,20H2;1H. The first kappa shape index (κ1) is 17.5. The van der Waals surface area contributed by atoms with Crippen molar-refractivity contribution in [2.24, 2.45) is 5.73 Å². The molecule has 1 heterocycles. The van der Waals surface area contributed by atoms with Gasteiger partial charge in [-0.05, 0) is 37.1 Å². The Balaban J connectivity index is 0.00000182. The second-order valence-corrected chi connectivity index (χ2v) is 6.32. The summed E-state index contributed by atoms with van der Waals surface area (Å²) in [6, 6.07) is 17.9. The molecule has 1 aliphatic rings. The number of anilines is 2. The number of nitrogens with zero attached hydrogens (tertiary/aromatic N) is 2. The fraction of sp³-hybridized carbons (Fsp3) is 0.263. The number of rotatable bonds is 4. The Morgan fingerprint density at radius 2 is 1.64 bits per heavy atom. The van der Waals surface area contributed by atoms with Crippen LogP contribution >= 0.6 is 12.4 Å². The van der Waals surface area contributed by atoms with Crippen LogP contribution in [0.5, 0.6) is 0 Å². The molecule has 0 bridgehead atoms. The highest BCUT2D eigenvalue weighted by Crippen LogP contribution is 2.36. The van der Waals surface area contributed by atoms with E-state index in [0.29, 0.717) is 11.7 Å². The van der Waals surface area contributed by atoms with Crippen molar-refractivity contribution in [3.05, 3.63) is 60.4 Å². The molecule has 0 atom stereocenters. The lowest BCUT2D eigenvalue weighted by Gasteiger charge is -2.17. The van der Waals surface area contributed by atoms with Gasteiger partial charge in [0.1, 0.15) is 0 Å². The number of para-hydroxylation sites is 2. The molecule has 6 heteroatoms. The molecule has 0 radical (unpaired) electrons. The summed E-state index contributed by atoms with van der Waals surface area (Å²) >= 11 is 0. The number of nitrogens with one attached hydrogen (secondary N) is 1. The molecule has 3 aromatic rings. The maximum atomic E-state index is 6.43. The summed E-state index contributed by atoms with van der Waals surface area (Å²) in [6.07, 6.45) is 4.06. The first-order valence-electron chi connectivity index (χ1n) is 8.29. The molecule has 0 saturated heterocycles. The van der Waals surface area contributed by atoms with Crippen molar-refractivity contribution in [1.29, 1.82) is 0 Å². The summed E-state index contributed by atoms with van der Waals surface area (Å²) in [5, 5.41) is 7.56. The van der Waals surface area contributed by atoms with Crippen LogP contribution in [0.2, 0.25) is 0 Å². The predicted octanol–water partition coefficient (Wildman–Crippen LogP) is 4.63. The van der Waals surface area contributed by atoms with Crippen molar-refractivity contribution in [1.82, 2.24) is 10.1 Å². The molecular formula is C19H21ClN4O. The smallest absolute Gasteiger partial charge is 0.260 e. The third-order valence-corrected chi connectivity index (χ3v) is 4.58. The molecule has 25 heavy (non-hydrogen) atoms. The highest BCUT2D eigenvalue weighted by atomic mass is 35.5. The minimum atomic E-state index is -0.441. The van der Waals surface area contributed by atoms with Crippen LogP contribution in [0.25, 0.3) is 11.5 Å². The van der Waals surface area contributed by atoms with Crippen LogP contribution in [0, 0.1) is 0 Å². The van der Waals surface area contributed by atoms with Gasteiger partial charge in [-0.15, -0.1) is 12.4 Å². The molecule has 5 nitrogen and oxygen atoms in total. The quantitative estimate of drug-likeness (QED) is 0.712. The first-order valence-corrected chi connectivity index (χ1v) is 8.29. The summed E-state index contributed by atoms with van der Waals surface area (Å²) in [5.41, 5.74) is 8.81. The molecule has 0 spiro atoms. The maximum absolute atomic E-state index is 6.43. The highest BCUT2D eigenvalue weighted by Gasteiger charge is 2.36.